The van der Waals surface area contributed by atoms with Crippen molar-refractivity contribution in [1.29, 1.82) is 0 Å². The van der Waals surface area contributed by atoms with E-state index in [-0.39, 0.29) is 0 Å². The smallest absolute Gasteiger partial charge is 0.105 e. The Morgan fingerprint density at radius 1 is 1.88 bits per heavy atom. The highest BCUT2D eigenvalue weighted by molar-refractivity contribution is 9.10. The molecule has 0 spiro atoms. The Morgan fingerprint density at radius 2 is 2.62 bits per heavy atom. The van der Waals surface area contributed by atoms with Crippen LogP contribution in [0.15, 0.2) is 15.7 Å². The van der Waals surface area contributed by atoms with E-state index in [4.69, 9.17) is 0 Å². The van der Waals surface area contributed by atoms with Crippen molar-refractivity contribution in [1.82, 2.24) is 10.2 Å². The lowest BCUT2D eigenvalue weighted by atomic mass is 10.8. The van der Waals surface area contributed by atoms with E-state index in [1.165, 1.54) is 0 Å². The fraction of sp³-hybridized carbons (Fsp3) is 0.250. The first-order valence-electron chi connectivity index (χ1n) is 2.07. The van der Waals surface area contributed by atoms with Gasteiger partial charge < -0.3 is 0 Å². The van der Waals surface area contributed by atoms with Gasteiger partial charge in [0.05, 0.1) is 10.7 Å². The second-order valence-corrected chi connectivity index (χ2v) is 2.92. The molecule has 0 radical (unpaired) electrons. The first kappa shape index (κ1) is 6.16. The number of hydrogen-bond donors (Lipinski definition) is 1. The maximum Gasteiger partial charge on any atom is 0.105 e. The highest BCUT2D eigenvalue weighted by atomic mass is 79.9. The summed E-state index contributed by atoms with van der Waals surface area (Å²) in [5.74, 6) is 0. The number of aromatic amines is 1. The fourth-order valence-electron chi connectivity index (χ4n) is 0.403. The Labute approximate surface area is 60.2 Å². The molecule has 1 aromatic heterocycles. The Balaban J connectivity index is 2.92. The van der Waals surface area contributed by atoms with Gasteiger partial charge in [-0.3, -0.25) is 5.10 Å². The van der Waals surface area contributed by atoms with Crippen molar-refractivity contribution in [2.75, 3.05) is 6.26 Å². The number of hydrogen-bond acceptors (Lipinski definition) is 2. The van der Waals surface area contributed by atoms with Crippen molar-refractivity contribution in [3.63, 3.8) is 0 Å². The second-order valence-electron chi connectivity index (χ2n) is 1.25. The van der Waals surface area contributed by atoms with E-state index in [1.54, 1.807) is 18.0 Å². The molecule has 2 nitrogen and oxygen atoms in total. The monoisotopic (exact) mass is 192 g/mol. The van der Waals surface area contributed by atoms with Crippen LogP contribution in [0.2, 0.25) is 0 Å². The van der Waals surface area contributed by atoms with Crippen LogP contribution in [-0.2, 0) is 0 Å². The van der Waals surface area contributed by atoms with Crippen LogP contribution in [0, 0.1) is 0 Å². The topological polar surface area (TPSA) is 28.7 Å². The van der Waals surface area contributed by atoms with Crippen molar-refractivity contribution in [3.05, 3.63) is 10.7 Å². The number of nitrogens with zero attached hydrogens (tertiary/aromatic N) is 1. The molecule has 1 rings (SSSR count). The van der Waals surface area contributed by atoms with Gasteiger partial charge in [-0.05, 0) is 22.2 Å². The van der Waals surface area contributed by atoms with Gasteiger partial charge in [-0.2, -0.15) is 5.10 Å². The number of aromatic nitrogens is 2. The van der Waals surface area contributed by atoms with Gasteiger partial charge in [0.1, 0.15) is 5.03 Å². The van der Waals surface area contributed by atoms with Crippen LogP contribution in [0.25, 0.3) is 0 Å². The summed E-state index contributed by atoms with van der Waals surface area (Å²) in [7, 11) is 0. The van der Waals surface area contributed by atoms with Gasteiger partial charge in [0.15, 0.2) is 0 Å². The van der Waals surface area contributed by atoms with Gasteiger partial charge >= 0.3 is 0 Å². The van der Waals surface area contributed by atoms with E-state index in [9.17, 15) is 0 Å². The van der Waals surface area contributed by atoms with E-state index in [2.05, 4.69) is 26.1 Å². The van der Waals surface area contributed by atoms with Gasteiger partial charge in [-0.15, -0.1) is 11.8 Å². The predicted octanol–water partition coefficient (Wildman–Crippen LogP) is 1.89. The van der Waals surface area contributed by atoms with E-state index in [0.717, 1.165) is 9.50 Å². The molecule has 0 aromatic carbocycles. The third kappa shape index (κ3) is 1.06. The zero-order chi connectivity index (χ0) is 5.98. The fourth-order valence-corrected chi connectivity index (χ4v) is 1.47. The summed E-state index contributed by atoms with van der Waals surface area (Å²) >= 11 is 4.95. The molecule has 1 heterocycles. The Hall–Kier alpha value is 0.0400. The van der Waals surface area contributed by atoms with Gasteiger partial charge in [-0.25, -0.2) is 0 Å². The number of H-pyrrole nitrogens is 1. The molecule has 44 valence electrons. The largest absolute Gasteiger partial charge is 0.271 e. The lowest BCUT2D eigenvalue weighted by Crippen LogP contribution is -1.67. The van der Waals surface area contributed by atoms with Crippen LogP contribution in [-0.4, -0.2) is 16.5 Å². The summed E-state index contributed by atoms with van der Waals surface area (Å²) in [5.41, 5.74) is 0. The highest BCUT2D eigenvalue weighted by Crippen LogP contribution is 2.21. The lowest BCUT2D eigenvalue weighted by molar-refractivity contribution is 1.00. The first-order valence-corrected chi connectivity index (χ1v) is 4.09. The molecule has 0 aliphatic heterocycles. The summed E-state index contributed by atoms with van der Waals surface area (Å²) < 4.78 is 1.03. The molecular weight excluding hydrogens is 188 g/mol. The zero-order valence-electron chi connectivity index (χ0n) is 4.31. The minimum Gasteiger partial charge on any atom is -0.271 e. The maximum absolute atomic E-state index is 3.80. The molecule has 4 heteroatoms. The second kappa shape index (κ2) is 2.55. The molecule has 0 aliphatic carbocycles. The standard InChI is InChI=1S/C4H5BrN2S/c1-8-4-3(5)2-6-7-4/h2H,1H3,(H,6,7). The number of halogens is 1. The summed E-state index contributed by atoms with van der Waals surface area (Å²) in [6.07, 6.45) is 3.74. The summed E-state index contributed by atoms with van der Waals surface area (Å²) in [5, 5.41) is 7.70. The number of rotatable bonds is 1. The average Bonchev–Trinajstić information content (AvgIpc) is 2.14. The van der Waals surface area contributed by atoms with Crippen molar-refractivity contribution in [2.45, 2.75) is 5.03 Å². The minimum atomic E-state index is 1.03. The molecule has 0 atom stereocenters. The van der Waals surface area contributed by atoms with Crippen molar-refractivity contribution >= 4 is 27.7 Å². The van der Waals surface area contributed by atoms with Crippen molar-refractivity contribution < 1.29 is 0 Å². The van der Waals surface area contributed by atoms with E-state index in [1.807, 2.05) is 6.26 Å². The normalized spacial score (nSPS) is 9.75. The molecule has 0 saturated carbocycles. The molecule has 0 unspecified atom stereocenters. The third-order valence-electron chi connectivity index (χ3n) is 0.765. The Kier molecular flexibility index (Phi) is 1.96. The lowest BCUT2D eigenvalue weighted by Gasteiger charge is -1.84. The molecule has 0 saturated heterocycles. The van der Waals surface area contributed by atoms with Gasteiger partial charge in [0, 0.05) is 0 Å². The third-order valence-corrected chi connectivity index (χ3v) is 2.35. The molecule has 0 aliphatic rings. The molecule has 8 heavy (non-hydrogen) atoms. The minimum absolute atomic E-state index is 1.03. The van der Waals surface area contributed by atoms with Gasteiger partial charge in [0.25, 0.3) is 0 Å². The molecule has 0 bridgehead atoms. The zero-order valence-corrected chi connectivity index (χ0v) is 6.71. The molecule has 1 aromatic rings. The quantitative estimate of drug-likeness (QED) is 0.690. The number of nitrogens with one attached hydrogen (secondary N) is 1. The maximum atomic E-state index is 3.80. The molecule has 0 amide bonds. The van der Waals surface area contributed by atoms with Crippen LogP contribution >= 0.6 is 27.7 Å². The predicted molar refractivity (Wildman–Crippen MR) is 38.1 cm³/mol. The van der Waals surface area contributed by atoms with Crippen LogP contribution in [0.5, 0.6) is 0 Å². The molecule has 0 fully saturated rings. The van der Waals surface area contributed by atoms with Crippen LogP contribution in [0.4, 0.5) is 0 Å². The van der Waals surface area contributed by atoms with E-state index < -0.39 is 0 Å². The Bertz CT molecular complexity index is 174. The highest BCUT2D eigenvalue weighted by Gasteiger charge is 1.95. The van der Waals surface area contributed by atoms with E-state index in [0.29, 0.717) is 0 Å². The SMILES string of the molecule is CSc1[nH]ncc1Br. The van der Waals surface area contributed by atoms with Crippen LogP contribution < -0.4 is 0 Å². The average molecular weight is 193 g/mol. The Morgan fingerprint density at radius 3 is 2.88 bits per heavy atom. The number of thioether (sulfide) groups is 1. The van der Waals surface area contributed by atoms with Gasteiger partial charge in [-0.1, -0.05) is 0 Å². The van der Waals surface area contributed by atoms with Gasteiger partial charge in [0.2, 0.25) is 0 Å². The van der Waals surface area contributed by atoms with E-state index >= 15 is 0 Å². The molecule has 1 N–H and O–H groups in total. The molecular formula is C4H5BrN2S. The summed E-state index contributed by atoms with van der Waals surface area (Å²) in [6, 6.07) is 0. The van der Waals surface area contributed by atoms with Crippen LogP contribution in [0.1, 0.15) is 0 Å². The summed E-state index contributed by atoms with van der Waals surface area (Å²) in [6.45, 7) is 0. The van der Waals surface area contributed by atoms with Crippen molar-refractivity contribution in [3.8, 4) is 0 Å². The van der Waals surface area contributed by atoms with Crippen molar-refractivity contribution in [2.24, 2.45) is 0 Å². The summed E-state index contributed by atoms with van der Waals surface area (Å²) in [4.78, 5) is 0. The van der Waals surface area contributed by atoms with Crippen LogP contribution in [0.3, 0.4) is 0 Å². The first-order chi connectivity index (χ1) is 3.84.